The summed E-state index contributed by atoms with van der Waals surface area (Å²) in [5.41, 5.74) is 1.55. The lowest BCUT2D eigenvalue weighted by Gasteiger charge is -2.10. The third-order valence-electron chi connectivity index (χ3n) is 2.51. The number of anilines is 1. The lowest BCUT2D eigenvalue weighted by molar-refractivity contribution is 0.102. The Morgan fingerprint density at radius 3 is 2.47 bits per heavy atom. The van der Waals surface area contributed by atoms with Gasteiger partial charge in [-0.3, -0.25) is 4.79 Å². The van der Waals surface area contributed by atoms with Crippen LogP contribution in [-0.2, 0) is 0 Å². The van der Waals surface area contributed by atoms with E-state index in [1.807, 2.05) is 0 Å². The van der Waals surface area contributed by atoms with Gasteiger partial charge in [0.15, 0.2) is 5.15 Å². The summed E-state index contributed by atoms with van der Waals surface area (Å²) in [6.07, 6.45) is 0. The molecule has 0 radical (unpaired) electrons. The molecule has 1 aromatic heterocycles. The number of rotatable bonds is 2. The molecule has 1 heterocycles. The largest absolute Gasteiger partial charge is 0.508 e. The number of carbonyl (C=O) groups is 1. The van der Waals surface area contributed by atoms with Crippen molar-refractivity contribution in [2.45, 2.75) is 6.92 Å². The lowest BCUT2D eigenvalue weighted by Crippen LogP contribution is -2.13. The molecule has 0 saturated heterocycles. The maximum Gasteiger partial charge on any atom is 0.255 e. The number of phenolic OH excluding ortho intramolecular Hbond substituents is 1. The molecular weight excluding hydrogens is 287 g/mol. The number of hydrogen-bond acceptors (Lipinski definition) is 3. The van der Waals surface area contributed by atoms with Crippen LogP contribution in [-0.4, -0.2) is 16.0 Å². The molecule has 0 saturated carbocycles. The van der Waals surface area contributed by atoms with Crippen LogP contribution in [0.15, 0.2) is 30.3 Å². The highest BCUT2D eigenvalue weighted by Crippen LogP contribution is 2.27. The van der Waals surface area contributed by atoms with Crippen LogP contribution in [0.25, 0.3) is 0 Å². The number of aromatic nitrogens is 1. The summed E-state index contributed by atoms with van der Waals surface area (Å²) in [7, 11) is 0. The molecule has 0 unspecified atom stereocenters. The van der Waals surface area contributed by atoms with E-state index in [0.717, 1.165) is 5.56 Å². The number of amides is 1. The fourth-order valence-electron chi connectivity index (χ4n) is 1.54. The van der Waals surface area contributed by atoms with Crippen molar-refractivity contribution in [1.29, 1.82) is 0 Å². The second kappa shape index (κ2) is 5.47. The zero-order valence-electron chi connectivity index (χ0n) is 9.95. The van der Waals surface area contributed by atoms with Gasteiger partial charge in [0, 0.05) is 5.56 Å². The lowest BCUT2D eigenvalue weighted by atomic mass is 10.2. The van der Waals surface area contributed by atoms with Crippen LogP contribution >= 0.6 is 23.2 Å². The molecule has 2 aromatic rings. The fraction of sp³-hybridized carbons (Fsp3) is 0.0769. The number of halogens is 2. The van der Waals surface area contributed by atoms with Gasteiger partial charge in [-0.25, -0.2) is 4.98 Å². The Balaban J connectivity index is 2.26. The highest BCUT2D eigenvalue weighted by Gasteiger charge is 2.12. The monoisotopic (exact) mass is 296 g/mol. The van der Waals surface area contributed by atoms with Gasteiger partial charge in [0.2, 0.25) is 0 Å². The molecule has 19 heavy (non-hydrogen) atoms. The average Bonchev–Trinajstić information content (AvgIpc) is 2.34. The number of benzene rings is 1. The van der Waals surface area contributed by atoms with Gasteiger partial charge in [0.1, 0.15) is 10.9 Å². The summed E-state index contributed by atoms with van der Waals surface area (Å²) in [4.78, 5) is 15.9. The zero-order valence-corrected chi connectivity index (χ0v) is 11.5. The Hall–Kier alpha value is -1.78. The summed E-state index contributed by atoms with van der Waals surface area (Å²) in [5.74, 6) is -0.243. The Bertz CT molecular complexity index is 604. The minimum absolute atomic E-state index is 0.0962. The molecule has 0 aliphatic heterocycles. The number of phenols is 1. The zero-order chi connectivity index (χ0) is 14.0. The predicted molar refractivity (Wildman–Crippen MR) is 75.1 cm³/mol. The second-order valence-electron chi connectivity index (χ2n) is 3.93. The van der Waals surface area contributed by atoms with Crippen molar-refractivity contribution < 1.29 is 9.90 Å². The molecule has 1 aromatic carbocycles. The smallest absolute Gasteiger partial charge is 0.255 e. The predicted octanol–water partition coefficient (Wildman–Crippen LogP) is 3.65. The molecule has 2 N–H and O–H groups in total. The van der Waals surface area contributed by atoms with Crippen molar-refractivity contribution in [3.63, 3.8) is 0 Å². The Kier molecular flexibility index (Phi) is 3.93. The number of nitrogens with zero attached hydrogens (tertiary/aromatic N) is 1. The molecule has 0 bridgehead atoms. The van der Waals surface area contributed by atoms with E-state index >= 15 is 0 Å². The highest BCUT2D eigenvalue weighted by molar-refractivity contribution is 6.35. The van der Waals surface area contributed by atoms with E-state index in [1.165, 1.54) is 24.3 Å². The Morgan fingerprint density at radius 1 is 1.26 bits per heavy atom. The van der Waals surface area contributed by atoms with Crippen LogP contribution in [0.3, 0.4) is 0 Å². The van der Waals surface area contributed by atoms with Crippen molar-refractivity contribution in [1.82, 2.24) is 4.98 Å². The van der Waals surface area contributed by atoms with Gasteiger partial charge in [-0.1, -0.05) is 23.2 Å². The minimum Gasteiger partial charge on any atom is -0.508 e. The average molecular weight is 297 g/mol. The number of carbonyl (C=O) groups excluding carboxylic acids is 1. The summed E-state index contributed by atoms with van der Waals surface area (Å²) < 4.78 is 0. The van der Waals surface area contributed by atoms with Crippen LogP contribution in [0.1, 0.15) is 15.9 Å². The van der Waals surface area contributed by atoms with Crippen molar-refractivity contribution in [2.24, 2.45) is 0 Å². The first-order chi connectivity index (χ1) is 8.97. The Labute approximate surface area is 120 Å². The molecule has 4 nitrogen and oxygen atoms in total. The number of nitrogens with one attached hydrogen (secondary N) is 1. The van der Waals surface area contributed by atoms with Crippen LogP contribution in [0.2, 0.25) is 10.3 Å². The first-order valence-electron chi connectivity index (χ1n) is 5.40. The topological polar surface area (TPSA) is 62.2 Å². The van der Waals surface area contributed by atoms with Crippen molar-refractivity contribution in [2.75, 3.05) is 5.32 Å². The van der Waals surface area contributed by atoms with Crippen molar-refractivity contribution in [3.05, 3.63) is 51.8 Å². The van der Waals surface area contributed by atoms with Crippen molar-refractivity contribution in [3.8, 4) is 5.75 Å². The molecule has 2 rings (SSSR count). The minimum atomic E-state index is -0.339. The van der Waals surface area contributed by atoms with E-state index in [9.17, 15) is 4.79 Å². The van der Waals surface area contributed by atoms with Gasteiger partial charge in [-0.05, 0) is 42.8 Å². The highest BCUT2D eigenvalue weighted by atomic mass is 35.5. The van der Waals surface area contributed by atoms with E-state index in [2.05, 4.69) is 10.3 Å². The number of pyridine rings is 1. The normalized spacial score (nSPS) is 10.3. The van der Waals surface area contributed by atoms with Crippen LogP contribution in [0.5, 0.6) is 5.75 Å². The molecule has 0 aliphatic carbocycles. The molecule has 6 heteroatoms. The number of aryl methyl sites for hydroxylation is 1. The third kappa shape index (κ3) is 3.16. The van der Waals surface area contributed by atoms with Gasteiger partial charge >= 0.3 is 0 Å². The standard InChI is InChI=1S/C13H10Cl2N2O2/c1-7-6-10(14)16-12(15)11(7)17-13(19)8-2-4-9(18)5-3-8/h2-6,18H,1H3,(H,17,19). The molecule has 0 fully saturated rings. The summed E-state index contributed by atoms with van der Waals surface area (Å²) >= 11 is 11.7. The fourth-order valence-corrected chi connectivity index (χ4v) is 2.12. The first kappa shape index (κ1) is 13.6. The summed E-state index contributed by atoms with van der Waals surface area (Å²) in [5, 5.41) is 12.2. The second-order valence-corrected chi connectivity index (χ2v) is 4.67. The van der Waals surface area contributed by atoms with E-state index in [1.54, 1.807) is 13.0 Å². The van der Waals surface area contributed by atoms with Crippen molar-refractivity contribution >= 4 is 34.8 Å². The van der Waals surface area contributed by atoms with E-state index < -0.39 is 0 Å². The molecule has 0 aliphatic rings. The molecular formula is C13H10Cl2N2O2. The summed E-state index contributed by atoms with van der Waals surface area (Å²) in [6, 6.07) is 7.50. The van der Waals surface area contributed by atoms with E-state index in [-0.39, 0.29) is 22.0 Å². The molecule has 98 valence electrons. The van der Waals surface area contributed by atoms with Gasteiger partial charge in [-0.2, -0.15) is 0 Å². The molecule has 0 atom stereocenters. The number of hydrogen-bond donors (Lipinski definition) is 2. The quantitative estimate of drug-likeness (QED) is 0.832. The van der Waals surface area contributed by atoms with Crippen LogP contribution in [0, 0.1) is 6.92 Å². The summed E-state index contributed by atoms with van der Waals surface area (Å²) in [6.45, 7) is 1.77. The molecule has 0 spiro atoms. The van der Waals surface area contributed by atoms with E-state index in [0.29, 0.717) is 11.3 Å². The molecule has 1 amide bonds. The SMILES string of the molecule is Cc1cc(Cl)nc(Cl)c1NC(=O)c1ccc(O)cc1. The van der Waals surface area contributed by atoms with Crippen LogP contribution in [0.4, 0.5) is 5.69 Å². The van der Waals surface area contributed by atoms with E-state index in [4.69, 9.17) is 28.3 Å². The van der Waals surface area contributed by atoms with Gasteiger partial charge in [0.05, 0.1) is 5.69 Å². The maximum atomic E-state index is 12.0. The number of aromatic hydroxyl groups is 1. The van der Waals surface area contributed by atoms with Gasteiger partial charge < -0.3 is 10.4 Å². The Morgan fingerprint density at radius 2 is 1.89 bits per heavy atom. The third-order valence-corrected chi connectivity index (χ3v) is 2.98. The van der Waals surface area contributed by atoms with Gasteiger partial charge in [-0.15, -0.1) is 0 Å². The maximum absolute atomic E-state index is 12.0. The first-order valence-corrected chi connectivity index (χ1v) is 6.16. The van der Waals surface area contributed by atoms with Crippen LogP contribution < -0.4 is 5.32 Å². The van der Waals surface area contributed by atoms with Gasteiger partial charge in [0.25, 0.3) is 5.91 Å².